The van der Waals surface area contributed by atoms with Crippen molar-refractivity contribution in [1.82, 2.24) is 5.32 Å². The topological polar surface area (TPSA) is 12.0 Å². The number of benzene rings is 1. The van der Waals surface area contributed by atoms with Crippen molar-refractivity contribution in [3.63, 3.8) is 0 Å². The summed E-state index contributed by atoms with van der Waals surface area (Å²) in [5.74, 6) is 0.238. The van der Waals surface area contributed by atoms with Gasteiger partial charge in [-0.3, -0.25) is 0 Å². The monoisotopic (exact) mass is 241 g/mol. The second-order valence-corrected chi connectivity index (χ2v) is 4.94. The fourth-order valence-corrected chi connectivity index (χ4v) is 2.62. The predicted octanol–water partition coefficient (Wildman–Crippen LogP) is 3.56. The van der Waals surface area contributed by atoms with E-state index < -0.39 is 0 Å². The van der Waals surface area contributed by atoms with Gasteiger partial charge in [0.15, 0.2) is 0 Å². The summed E-state index contributed by atoms with van der Waals surface area (Å²) in [6, 6.07) is 2.05. The summed E-state index contributed by atoms with van der Waals surface area (Å²) < 4.78 is 13.9. The van der Waals surface area contributed by atoms with Crippen molar-refractivity contribution in [3.8, 4) is 0 Å². The second kappa shape index (κ2) is 4.72. The Labute approximate surface area is 101 Å². The van der Waals surface area contributed by atoms with Gasteiger partial charge < -0.3 is 5.32 Å². The fourth-order valence-electron chi connectivity index (χ4n) is 2.43. The number of piperidine rings is 1. The zero-order valence-corrected chi connectivity index (χ0v) is 10.5. The van der Waals surface area contributed by atoms with Gasteiger partial charge in [0.2, 0.25) is 0 Å². The molecule has 1 nitrogen and oxygen atoms in total. The first kappa shape index (κ1) is 11.9. The Balaban J connectivity index is 2.40. The Kier molecular flexibility index (Phi) is 3.50. The molecule has 1 aliphatic heterocycles. The molecule has 0 spiro atoms. The molecule has 0 unspecified atom stereocenters. The van der Waals surface area contributed by atoms with Gasteiger partial charge in [-0.15, -0.1) is 0 Å². The summed E-state index contributed by atoms with van der Waals surface area (Å²) >= 11 is 5.91. The van der Waals surface area contributed by atoms with Gasteiger partial charge in [-0.05, 0) is 62.4 Å². The van der Waals surface area contributed by atoms with E-state index in [0.717, 1.165) is 42.6 Å². The number of rotatable bonds is 1. The zero-order chi connectivity index (χ0) is 11.7. The number of nitrogens with one attached hydrogen (secondary N) is 1. The van der Waals surface area contributed by atoms with Crippen LogP contribution in [0, 0.1) is 19.7 Å². The van der Waals surface area contributed by atoms with Gasteiger partial charge in [0, 0.05) is 0 Å². The van der Waals surface area contributed by atoms with Crippen LogP contribution in [0.15, 0.2) is 6.07 Å². The largest absolute Gasteiger partial charge is 0.317 e. The van der Waals surface area contributed by atoms with E-state index in [1.165, 1.54) is 0 Å². The summed E-state index contributed by atoms with van der Waals surface area (Å²) in [6.07, 6.45) is 2.17. The van der Waals surface area contributed by atoms with Crippen molar-refractivity contribution in [2.24, 2.45) is 0 Å². The van der Waals surface area contributed by atoms with Crippen molar-refractivity contribution < 1.29 is 4.39 Å². The molecule has 1 saturated heterocycles. The lowest BCUT2D eigenvalue weighted by Gasteiger charge is -2.25. The third-order valence-electron chi connectivity index (χ3n) is 3.45. The maximum absolute atomic E-state index is 13.9. The number of hydrogen-bond donors (Lipinski definition) is 1. The fraction of sp³-hybridized carbons (Fsp3) is 0.538. The van der Waals surface area contributed by atoms with E-state index in [4.69, 9.17) is 11.6 Å². The zero-order valence-electron chi connectivity index (χ0n) is 9.74. The lowest BCUT2D eigenvalue weighted by atomic mass is 9.86. The molecule has 16 heavy (non-hydrogen) atoms. The van der Waals surface area contributed by atoms with E-state index in [1.807, 2.05) is 13.8 Å². The van der Waals surface area contributed by atoms with E-state index in [-0.39, 0.29) is 10.8 Å². The summed E-state index contributed by atoms with van der Waals surface area (Å²) in [5.41, 5.74) is 2.71. The molecule has 1 aromatic rings. The van der Waals surface area contributed by atoms with Crippen molar-refractivity contribution >= 4 is 11.6 Å². The third-order valence-corrected chi connectivity index (χ3v) is 3.92. The Hall–Kier alpha value is -0.600. The molecule has 1 aliphatic rings. The lowest BCUT2D eigenvalue weighted by molar-refractivity contribution is 0.456. The number of halogens is 2. The van der Waals surface area contributed by atoms with Crippen molar-refractivity contribution in [2.45, 2.75) is 32.6 Å². The summed E-state index contributed by atoms with van der Waals surface area (Å²) in [7, 11) is 0. The second-order valence-electron chi connectivity index (χ2n) is 4.56. The van der Waals surface area contributed by atoms with Crippen LogP contribution in [0.5, 0.6) is 0 Å². The highest BCUT2D eigenvalue weighted by molar-refractivity contribution is 6.31. The van der Waals surface area contributed by atoms with Crippen LogP contribution >= 0.6 is 11.6 Å². The summed E-state index contributed by atoms with van der Waals surface area (Å²) in [6.45, 7) is 5.74. The molecule has 1 fully saturated rings. The minimum absolute atomic E-state index is 0.241. The molecular weight excluding hydrogens is 225 g/mol. The van der Waals surface area contributed by atoms with Gasteiger partial charge in [0.25, 0.3) is 0 Å². The average Bonchev–Trinajstić information content (AvgIpc) is 2.32. The molecule has 88 valence electrons. The maximum Gasteiger partial charge on any atom is 0.145 e. The summed E-state index contributed by atoms with van der Waals surface area (Å²) in [4.78, 5) is 0. The van der Waals surface area contributed by atoms with Crippen LogP contribution in [0.4, 0.5) is 4.39 Å². The molecule has 0 aliphatic carbocycles. The smallest absolute Gasteiger partial charge is 0.145 e. The molecular formula is C13H17ClFN. The van der Waals surface area contributed by atoms with E-state index >= 15 is 0 Å². The van der Waals surface area contributed by atoms with Gasteiger partial charge in [-0.25, -0.2) is 4.39 Å². The third kappa shape index (κ3) is 2.09. The maximum atomic E-state index is 13.9. The van der Waals surface area contributed by atoms with Crippen molar-refractivity contribution in [1.29, 1.82) is 0 Å². The van der Waals surface area contributed by atoms with Crippen LogP contribution in [0.25, 0.3) is 0 Å². The average molecular weight is 242 g/mol. The van der Waals surface area contributed by atoms with E-state index in [9.17, 15) is 4.39 Å². The van der Waals surface area contributed by atoms with E-state index in [0.29, 0.717) is 5.92 Å². The quantitative estimate of drug-likeness (QED) is 0.793. The van der Waals surface area contributed by atoms with Crippen LogP contribution in [0.2, 0.25) is 5.02 Å². The molecule has 0 saturated carbocycles. The van der Waals surface area contributed by atoms with Crippen molar-refractivity contribution in [3.05, 3.63) is 33.6 Å². The Morgan fingerprint density at radius 2 is 1.94 bits per heavy atom. The standard InChI is InChI=1S/C13H17ClFN/c1-8-7-11(9(2)13(15)12(8)14)10-3-5-16-6-4-10/h7,10,16H,3-6H2,1-2H3. The Bertz CT molecular complexity index is 397. The minimum Gasteiger partial charge on any atom is -0.317 e. The molecule has 0 aromatic heterocycles. The molecule has 0 amide bonds. The normalized spacial score (nSPS) is 17.8. The van der Waals surface area contributed by atoms with Gasteiger partial charge in [-0.1, -0.05) is 17.7 Å². The molecule has 0 bridgehead atoms. The molecule has 1 N–H and O–H groups in total. The van der Waals surface area contributed by atoms with Gasteiger partial charge in [-0.2, -0.15) is 0 Å². The first-order valence-electron chi connectivity index (χ1n) is 5.77. The molecule has 0 atom stereocenters. The highest BCUT2D eigenvalue weighted by Crippen LogP contribution is 2.33. The van der Waals surface area contributed by atoms with Gasteiger partial charge in [0.1, 0.15) is 5.82 Å². The first-order chi connectivity index (χ1) is 7.61. The first-order valence-corrected chi connectivity index (χ1v) is 6.15. The summed E-state index contributed by atoms with van der Waals surface area (Å²) in [5, 5.41) is 3.60. The molecule has 1 heterocycles. The van der Waals surface area contributed by atoms with E-state index in [2.05, 4.69) is 11.4 Å². The molecule has 0 radical (unpaired) electrons. The highest BCUT2D eigenvalue weighted by atomic mass is 35.5. The van der Waals surface area contributed by atoms with Gasteiger partial charge >= 0.3 is 0 Å². The van der Waals surface area contributed by atoms with Crippen LogP contribution in [0.1, 0.15) is 35.4 Å². The Morgan fingerprint density at radius 3 is 2.56 bits per heavy atom. The van der Waals surface area contributed by atoms with E-state index in [1.54, 1.807) is 0 Å². The Morgan fingerprint density at radius 1 is 1.31 bits per heavy atom. The number of aryl methyl sites for hydroxylation is 1. The molecule has 1 aromatic carbocycles. The van der Waals surface area contributed by atoms with Crippen LogP contribution in [-0.4, -0.2) is 13.1 Å². The number of hydrogen-bond acceptors (Lipinski definition) is 1. The highest BCUT2D eigenvalue weighted by Gasteiger charge is 2.20. The minimum atomic E-state index is -0.241. The SMILES string of the molecule is Cc1cc(C2CCNCC2)c(C)c(F)c1Cl. The van der Waals surface area contributed by atoms with Crippen molar-refractivity contribution in [2.75, 3.05) is 13.1 Å². The predicted molar refractivity (Wildman–Crippen MR) is 65.7 cm³/mol. The molecule has 3 heteroatoms. The van der Waals surface area contributed by atoms with Crippen LogP contribution < -0.4 is 5.32 Å². The van der Waals surface area contributed by atoms with Crippen LogP contribution in [-0.2, 0) is 0 Å². The van der Waals surface area contributed by atoms with Gasteiger partial charge in [0.05, 0.1) is 5.02 Å². The molecule has 2 rings (SSSR count). The van der Waals surface area contributed by atoms with Crippen LogP contribution in [0.3, 0.4) is 0 Å². The lowest BCUT2D eigenvalue weighted by Crippen LogP contribution is -2.27.